The Hall–Kier alpha value is -3.38. The van der Waals surface area contributed by atoms with Crippen LogP contribution in [-0.2, 0) is 6.42 Å². The number of benzene rings is 3. The van der Waals surface area contributed by atoms with Crippen LogP contribution in [0.15, 0.2) is 86.7 Å². The first kappa shape index (κ1) is 19.9. The van der Waals surface area contributed by atoms with Crippen LogP contribution in [0.2, 0.25) is 0 Å². The topological polar surface area (TPSA) is 65.7 Å². The fourth-order valence-electron chi connectivity index (χ4n) is 2.99. The SMILES string of the molecule is CCc1ccccc1Oc1coc2cc(OC(=O)c3ccc(Br)cc3)ccc2c1=O. The molecular weight excluding hydrogens is 448 g/mol. The smallest absolute Gasteiger partial charge is 0.343 e. The largest absolute Gasteiger partial charge is 0.460 e. The van der Waals surface area contributed by atoms with Gasteiger partial charge in [-0.2, -0.15) is 0 Å². The number of rotatable bonds is 5. The first-order valence-electron chi connectivity index (χ1n) is 9.34. The third-order valence-electron chi connectivity index (χ3n) is 4.58. The second-order valence-corrected chi connectivity index (χ2v) is 7.46. The summed E-state index contributed by atoms with van der Waals surface area (Å²) in [6.45, 7) is 2.02. The molecule has 0 amide bonds. The summed E-state index contributed by atoms with van der Waals surface area (Å²) in [7, 11) is 0. The molecule has 6 heteroatoms. The molecular formula is C24H17BrO5. The Balaban J connectivity index is 1.60. The van der Waals surface area contributed by atoms with Gasteiger partial charge >= 0.3 is 5.97 Å². The zero-order valence-electron chi connectivity index (χ0n) is 16.1. The number of carbonyl (C=O) groups is 1. The number of esters is 1. The third-order valence-corrected chi connectivity index (χ3v) is 5.11. The summed E-state index contributed by atoms with van der Waals surface area (Å²) >= 11 is 3.33. The lowest BCUT2D eigenvalue weighted by molar-refractivity contribution is 0.0735. The molecule has 4 rings (SSSR count). The van der Waals surface area contributed by atoms with E-state index in [1.807, 2.05) is 31.2 Å². The maximum absolute atomic E-state index is 12.8. The monoisotopic (exact) mass is 464 g/mol. The van der Waals surface area contributed by atoms with Gasteiger partial charge in [-0.15, -0.1) is 0 Å². The van der Waals surface area contributed by atoms with Crippen molar-refractivity contribution in [3.8, 4) is 17.2 Å². The molecule has 0 fully saturated rings. The number of halogens is 1. The third kappa shape index (κ3) is 4.14. The van der Waals surface area contributed by atoms with E-state index in [-0.39, 0.29) is 16.9 Å². The highest BCUT2D eigenvalue weighted by molar-refractivity contribution is 9.10. The predicted molar refractivity (Wildman–Crippen MR) is 117 cm³/mol. The Labute approximate surface area is 181 Å². The second kappa shape index (κ2) is 8.55. The molecule has 4 aromatic rings. The molecule has 3 aromatic carbocycles. The van der Waals surface area contributed by atoms with Crippen molar-refractivity contribution in [2.75, 3.05) is 0 Å². The van der Waals surface area contributed by atoms with Crippen LogP contribution in [0.25, 0.3) is 11.0 Å². The summed E-state index contributed by atoms with van der Waals surface area (Å²) < 4.78 is 17.7. The highest BCUT2D eigenvalue weighted by atomic mass is 79.9. The number of ether oxygens (including phenoxy) is 2. The van der Waals surface area contributed by atoms with E-state index in [0.29, 0.717) is 22.3 Å². The van der Waals surface area contributed by atoms with E-state index < -0.39 is 5.97 Å². The van der Waals surface area contributed by atoms with Crippen molar-refractivity contribution in [3.63, 3.8) is 0 Å². The molecule has 0 spiro atoms. The van der Waals surface area contributed by atoms with Crippen LogP contribution in [0.3, 0.4) is 0 Å². The van der Waals surface area contributed by atoms with Crippen molar-refractivity contribution >= 4 is 32.9 Å². The number of aryl methyl sites for hydroxylation is 1. The second-order valence-electron chi connectivity index (χ2n) is 6.55. The molecule has 0 saturated carbocycles. The van der Waals surface area contributed by atoms with Crippen LogP contribution >= 0.6 is 15.9 Å². The molecule has 0 radical (unpaired) electrons. The molecule has 0 N–H and O–H groups in total. The van der Waals surface area contributed by atoms with Gasteiger partial charge in [-0.1, -0.05) is 41.1 Å². The fourth-order valence-corrected chi connectivity index (χ4v) is 3.26. The van der Waals surface area contributed by atoms with Crippen LogP contribution < -0.4 is 14.9 Å². The fraction of sp³-hybridized carbons (Fsp3) is 0.0833. The maximum atomic E-state index is 12.8. The molecule has 1 aromatic heterocycles. The van der Waals surface area contributed by atoms with Crippen molar-refractivity contribution in [1.82, 2.24) is 0 Å². The zero-order chi connectivity index (χ0) is 21.1. The summed E-state index contributed by atoms with van der Waals surface area (Å²) in [6.07, 6.45) is 2.06. The maximum Gasteiger partial charge on any atom is 0.343 e. The Morgan fingerprint density at radius 1 is 1.00 bits per heavy atom. The van der Waals surface area contributed by atoms with Gasteiger partial charge in [0.25, 0.3) is 0 Å². The summed E-state index contributed by atoms with van der Waals surface area (Å²) in [4.78, 5) is 25.1. The molecule has 0 aliphatic heterocycles. The first-order chi connectivity index (χ1) is 14.5. The van der Waals surface area contributed by atoms with Gasteiger partial charge in [0, 0.05) is 10.5 Å². The molecule has 0 saturated heterocycles. The Bertz CT molecular complexity index is 1280. The highest BCUT2D eigenvalue weighted by Gasteiger charge is 2.14. The number of carbonyl (C=O) groups excluding carboxylic acids is 1. The van der Waals surface area contributed by atoms with Crippen LogP contribution in [0, 0.1) is 0 Å². The Kier molecular flexibility index (Phi) is 5.68. The lowest BCUT2D eigenvalue weighted by Gasteiger charge is -2.10. The number of hydrogen-bond donors (Lipinski definition) is 0. The zero-order valence-corrected chi connectivity index (χ0v) is 17.6. The first-order valence-corrected chi connectivity index (χ1v) is 10.1. The van der Waals surface area contributed by atoms with Crippen molar-refractivity contribution in [3.05, 3.63) is 98.8 Å². The van der Waals surface area contributed by atoms with Gasteiger partial charge in [-0.25, -0.2) is 4.79 Å². The Morgan fingerprint density at radius 3 is 2.53 bits per heavy atom. The van der Waals surface area contributed by atoms with E-state index in [0.717, 1.165) is 16.5 Å². The summed E-state index contributed by atoms with van der Waals surface area (Å²) in [5.74, 6) is 0.499. The molecule has 0 atom stereocenters. The van der Waals surface area contributed by atoms with Gasteiger partial charge in [0.15, 0.2) is 0 Å². The normalized spacial score (nSPS) is 10.7. The summed E-state index contributed by atoms with van der Waals surface area (Å²) in [6, 6.07) is 19.0. The molecule has 0 bridgehead atoms. The molecule has 0 aliphatic rings. The van der Waals surface area contributed by atoms with E-state index >= 15 is 0 Å². The Morgan fingerprint density at radius 2 is 1.77 bits per heavy atom. The van der Waals surface area contributed by atoms with Gasteiger partial charge < -0.3 is 13.9 Å². The summed E-state index contributed by atoms with van der Waals surface area (Å²) in [5, 5.41) is 0.338. The number of hydrogen-bond acceptors (Lipinski definition) is 5. The van der Waals surface area contributed by atoms with E-state index in [4.69, 9.17) is 13.9 Å². The van der Waals surface area contributed by atoms with E-state index in [9.17, 15) is 9.59 Å². The molecule has 0 aliphatic carbocycles. The van der Waals surface area contributed by atoms with Crippen molar-refractivity contribution in [1.29, 1.82) is 0 Å². The highest BCUT2D eigenvalue weighted by Crippen LogP contribution is 2.27. The van der Waals surface area contributed by atoms with Crippen LogP contribution in [-0.4, -0.2) is 5.97 Å². The predicted octanol–water partition coefficient (Wildman–Crippen LogP) is 6.13. The van der Waals surface area contributed by atoms with Crippen LogP contribution in [0.1, 0.15) is 22.8 Å². The number of fused-ring (bicyclic) bond motifs is 1. The lowest BCUT2D eigenvalue weighted by Crippen LogP contribution is -2.09. The van der Waals surface area contributed by atoms with Gasteiger partial charge in [-0.05, 0) is 54.4 Å². The van der Waals surface area contributed by atoms with Gasteiger partial charge in [-0.3, -0.25) is 4.79 Å². The molecule has 1 heterocycles. The van der Waals surface area contributed by atoms with Crippen LogP contribution in [0.4, 0.5) is 0 Å². The van der Waals surface area contributed by atoms with Crippen LogP contribution in [0.5, 0.6) is 17.2 Å². The number of para-hydroxylation sites is 1. The van der Waals surface area contributed by atoms with E-state index in [1.165, 1.54) is 12.3 Å². The molecule has 30 heavy (non-hydrogen) atoms. The van der Waals surface area contributed by atoms with E-state index in [2.05, 4.69) is 15.9 Å². The van der Waals surface area contributed by atoms with E-state index in [1.54, 1.807) is 36.4 Å². The average molecular weight is 465 g/mol. The minimum absolute atomic E-state index is 0.100. The minimum atomic E-state index is -0.500. The van der Waals surface area contributed by atoms with Crippen molar-refractivity contribution in [2.24, 2.45) is 0 Å². The quantitative estimate of drug-likeness (QED) is 0.262. The minimum Gasteiger partial charge on any atom is -0.460 e. The average Bonchev–Trinajstić information content (AvgIpc) is 2.76. The summed E-state index contributed by atoms with van der Waals surface area (Å²) in [5.41, 5.74) is 1.41. The standard InChI is InChI=1S/C24H17BrO5/c1-2-15-5-3-4-6-20(15)30-22-14-28-21-13-18(11-12-19(21)23(22)26)29-24(27)16-7-9-17(25)10-8-16/h3-14H,2H2,1H3. The molecule has 5 nitrogen and oxygen atoms in total. The van der Waals surface area contributed by atoms with Crippen molar-refractivity contribution in [2.45, 2.75) is 13.3 Å². The van der Waals surface area contributed by atoms with Gasteiger partial charge in [0.2, 0.25) is 11.2 Å². The molecule has 0 unspecified atom stereocenters. The molecule has 150 valence electrons. The van der Waals surface area contributed by atoms with Crippen molar-refractivity contribution < 1.29 is 18.7 Å². The van der Waals surface area contributed by atoms with Gasteiger partial charge in [0.1, 0.15) is 23.3 Å². The van der Waals surface area contributed by atoms with Gasteiger partial charge in [0.05, 0.1) is 10.9 Å². The lowest BCUT2D eigenvalue weighted by atomic mass is 10.1.